The first-order valence-corrected chi connectivity index (χ1v) is 4.72. The molecule has 0 amide bonds. The summed E-state index contributed by atoms with van der Waals surface area (Å²) in [4.78, 5) is 0. The minimum atomic E-state index is 1.01. The van der Waals surface area contributed by atoms with Gasteiger partial charge in [-0.15, -0.1) is 0 Å². The molecule has 2 aromatic rings. The molecule has 0 unspecified atom stereocenters. The van der Waals surface area contributed by atoms with Crippen LogP contribution in [0.2, 0.25) is 0 Å². The van der Waals surface area contributed by atoms with Crippen LogP contribution in [0.25, 0.3) is 21.4 Å². The first-order valence-electron chi connectivity index (χ1n) is 4.22. The van der Waals surface area contributed by atoms with E-state index in [0.29, 0.717) is 0 Å². The predicted molar refractivity (Wildman–Crippen MR) is 51.8 cm³/mol. The molecule has 0 N–H and O–H groups in total. The molecule has 0 bridgehead atoms. The second-order valence-corrected chi connectivity index (χ2v) is 3.74. The van der Waals surface area contributed by atoms with Gasteiger partial charge in [-0.2, -0.15) is 0 Å². The summed E-state index contributed by atoms with van der Waals surface area (Å²) < 4.78 is 1.01. The van der Waals surface area contributed by atoms with Crippen molar-refractivity contribution in [2.45, 2.75) is 0 Å². The quantitative estimate of drug-likeness (QED) is 0.585. The van der Waals surface area contributed by atoms with Crippen LogP contribution < -0.4 is 0 Å². The maximum absolute atomic E-state index is 4.97. The van der Waals surface area contributed by atoms with Gasteiger partial charge in [0.05, 0.1) is 0 Å². The Morgan fingerprint density at radius 1 is 0.923 bits per heavy atom. The Balaban J connectivity index is 2.59. The normalized spacial score (nSPS) is 13.5. The molecule has 65 valence electrons. The Morgan fingerprint density at radius 2 is 1.69 bits per heavy atom. The molecule has 13 heavy (non-hydrogen) atoms. The molecular weight excluding hydrogens is 203 g/mol. The Bertz CT molecular complexity index is 518. The Kier molecular flexibility index (Phi) is 1.39. The average molecular weight is 210 g/mol. The van der Waals surface area contributed by atoms with Crippen LogP contribution in [0.15, 0.2) is 36.4 Å². The fraction of sp³-hybridized carbons (Fsp3) is 0. The third-order valence-corrected chi connectivity index (χ3v) is 2.86. The molecule has 1 aliphatic rings. The molecule has 0 atom stereocenters. The fourth-order valence-electron chi connectivity index (χ4n) is 1.88. The van der Waals surface area contributed by atoms with Gasteiger partial charge in [-0.1, -0.05) is 0 Å². The molecular formula is C12H7Ni. The zero-order chi connectivity index (χ0) is 8.84. The van der Waals surface area contributed by atoms with E-state index >= 15 is 0 Å². The van der Waals surface area contributed by atoms with E-state index in [4.69, 9.17) is 15.5 Å². The monoisotopic (exact) mass is 209 g/mol. The molecule has 3 rings (SSSR count). The summed E-state index contributed by atoms with van der Waals surface area (Å²) in [5.41, 5.74) is 2.50. The van der Waals surface area contributed by atoms with Crippen molar-refractivity contribution in [3.8, 4) is 0 Å². The van der Waals surface area contributed by atoms with Crippen LogP contribution in [0.3, 0.4) is 0 Å². The van der Waals surface area contributed by atoms with E-state index in [1.807, 2.05) is 0 Å². The summed E-state index contributed by atoms with van der Waals surface area (Å²) in [6, 6.07) is 12.6. The predicted octanol–water partition coefficient (Wildman–Crippen LogP) is 3.20. The summed E-state index contributed by atoms with van der Waals surface area (Å²) in [6.45, 7) is 0. The summed E-state index contributed by atoms with van der Waals surface area (Å²) in [5, 5.41) is 2.62. The molecule has 0 saturated carbocycles. The fourth-order valence-corrected chi connectivity index (χ4v) is 2.24. The molecule has 0 fully saturated rings. The zero-order valence-corrected chi connectivity index (χ0v) is 7.85. The van der Waals surface area contributed by atoms with Crippen molar-refractivity contribution in [2.75, 3.05) is 0 Å². The average Bonchev–Trinajstić information content (AvgIpc) is 2.47. The summed E-state index contributed by atoms with van der Waals surface area (Å²) in [7, 11) is 0. The van der Waals surface area contributed by atoms with Gasteiger partial charge in [0, 0.05) is 0 Å². The molecule has 2 aromatic carbocycles. The van der Waals surface area contributed by atoms with Crippen molar-refractivity contribution in [1.82, 2.24) is 0 Å². The van der Waals surface area contributed by atoms with Gasteiger partial charge in [0.2, 0.25) is 0 Å². The van der Waals surface area contributed by atoms with Crippen molar-refractivity contribution in [3.63, 3.8) is 0 Å². The van der Waals surface area contributed by atoms with E-state index < -0.39 is 0 Å². The molecule has 1 aliphatic carbocycles. The topological polar surface area (TPSA) is 0 Å². The van der Waals surface area contributed by atoms with Crippen molar-refractivity contribution >= 4 is 21.4 Å². The standard InChI is InChI=1S/C12H7.Ni/c1-3-9-4-2-6-11-8-7-10(5-1)12(9)11;/h1-7H;. The maximum atomic E-state index is 4.97. The Hall–Kier alpha value is -1.07. The molecule has 0 saturated heterocycles. The Labute approximate surface area is 84.6 Å². The molecule has 0 aromatic heterocycles. The van der Waals surface area contributed by atoms with E-state index in [1.165, 1.54) is 21.9 Å². The van der Waals surface area contributed by atoms with Crippen LogP contribution in [-0.2, 0) is 15.5 Å². The van der Waals surface area contributed by atoms with E-state index in [9.17, 15) is 0 Å². The number of benzene rings is 2. The Morgan fingerprint density at radius 3 is 2.54 bits per heavy atom. The van der Waals surface area contributed by atoms with E-state index in [-0.39, 0.29) is 0 Å². The van der Waals surface area contributed by atoms with Crippen LogP contribution in [0, 0.1) is 0 Å². The van der Waals surface area contributed by atoms with E-state index in [2.05, 4.69) is 42.5 Å². The minimum absolute atomic E-state index is 1.01. The second-order valence-electron chi connectivity index (χ2n) is 3.21. The van der Waals surface area contributed by atoms with Crippen LogP contribution in [0.4, 0.5) is 0 Å². The van der Waals surface area contributed by atoms with Crippen LogP contribution >= 0.6 is 0 Å². The summed E-state index contributed by atoms with van der Waals surface area (Å²) in [6.07, 6.45) is 2.09. The van der Waals surface area contributed by atoms with Crippen molar-refractivity contribution in [3.05, 3.63) is 47.5 Å². The second kappa shape index (κ2) is 2.46. The number of hydrogen-bond donors (Lipinski definition) is 0. The molecule has 0 spiro atoms. The van der Waals surface area contributed by atoms with Gasteiger partial charge in [-0.25, -0.2) is 0 Å². The molecule has 0 aliphatic heterocycles. The van der Waals surface area contributed by atoms with Gasteiger partial charge in [0.15, 0.2) is 0 Å². The summed E-state index contributed by atoms with van der Waals surface area (Å²) >= 11 is 4.97. The number of rotatable bonds is 0. The van der Waals surface area contributed by atoms with Gasteiger partial charge >= 0.3 is 84.4 Å². The van der Waals surface area contributed by atoms with E-state index in [1.54, 1.807) is 0 Å². The third-order valence-electron chi connectivity index (χ3n) is 2.45. The van der Waals surface area contributed by atoms with Crippen molar-refractivity contribution < 1.29 is 15.5 Å². The van der Waals surface area contributed by atoms with Gasteiger partial charge in [0.1, 0.15) is 0 Å². The van der Waals surface area contributed by atoms with Gasteiger partial charge in [-0.05, 0) is 0 Å². The first kappa shape index (κ1) is 7.35. The van der Waals surface area contributed by atoms with Crippen molar-refractivity contribution in [2.24, 2.45) is 0 Å². The third kappa shape index (κ3) is 0.912. The van der Waals surface area contributed by atoms with Crippen molar-refractivity contribution in [1.29, 1.82) is 0 Å². The number of hydrogen-bond acceptors (Lipinski definition) is 0. The first-order chi connectivity index (χ1) is 6.36. The molecule has 1 heteroatoms. The van der Waals surface area contributed by atoms with Crippen LogP contribution in [0.1, 0.15) is 11.1 Å². The van der Waals surface area contributed by atoms with Crippen LogP contribution in [-0.4, -0.2) is 0 Å². The van der Waals surface area contributed by atoms with Gasteiger partial charge in [-0.3, -0.25) is 0 Å². The molecule has 0 heterocycles. The molecule has 0 nitrogen and oxygen atoms in total. The zero-order valence-electron chi connectivity index (χ0n) is 6.86. The SMILES string of the molecule is [Ni][C]1=Cc2cccc3cccc1c23. The molecule has 0 radical (unpaired) electrons. The van der Waals surface area contributed by atoms with Gasteiger partial charge in [0.25, 0.3) is 0 Å². The van der Waals surface area contributed by atoms with Gasteiger partial charge < -0.3 is 0 Å². The van der Waals surface area contributed by atoms with E-state index in [0.717, 1.165) is 4.54 Å². The van der Waals surface area contributed by atoms with Crippen LogP contribution in [0.5, 0.6) is 0 Å². The summed E-state index contributed by atoms with van der Waals surface area (Å²) in [5.74, 6) is 0.